The van der Waals surface area contributed by atoms with Crippen LogP contribution in [0, 0.1) is 0 Å². The maximum absolute atomic E-state index is 10.4. The minimum absolute atomic E-state index is 0.147. The van der Waals surface area contributed by atoms with Crippen LogP contribution < -0.4 is 9.47 Å². The molecule has 0 saturated carbocycles. The summed E-state index contributed by atoms with van der Waals surface area (Å²) in [6, 6.07) is 5.43. The molecule has 0 aromatic heterocycles. The predicted molar refractivity (Wildman–Crippen MR) is 71.4 cm³/mol. The maximum Gasteiger partial charge on any atom is 0.162 e. The first kappa shape index (κ1) is 14.3. The topological polar surface area (TPSA) is 35.5 Å². The molecule has 1 unspecified atom stereocenters. The number of ether oxygens (including phenoxy) is 2. The Kier molecular flexibility index (Phi) is 6.37. The second-order valence-electron chi connectivity index (χ2n) is 3.36. The lowest BCUT2D eigenvalue weighted by Crippen LogP contribution is -2.09. The van der Waals surface area contributed by atoms with Gasteiger partial charge < -0.3 is 14.3 Å². The van der Waals surface area contributed by atoms with Crippen molar-refractivity contribution in [3.8, 4) is 11.5 Å². The van der Waals surface area contributed by atoms with Gasteiger partial charge in [0, 0.05) is 18.7 Å². The number of hydrogen-bond acceptors (Lipinski definition) is 3. The van der Waals surface area contributed by atoms with Crippen LogP contribution in [0.5, 0.6) is 11.5 Å². The minimum atomic E-state index is -0.147. The first-order chi connectivity index (χ1) is 8.21. The van der Waals surface area contributed by atoms with E-state index in [9.17, 15) is 4.79 Å². The summed E-state index contributed by atoms with van der Waals surface area (Å²) in [5.74, 6) is 1.76. The molecule has 3 nitrogen and oxygen atoms in total. The first-order valence-electron chi connectivity index (χ1n) is 5.18. The SMILES string of the molecule is COc1cc(CC=O)ccc1OC(Br)CCCl. The fourth-order valence-electron chi connectivity index (χ4n) is 1.32. The summed E-state index contributed by atoms with van der Waals surface area (Å²) in [7, 11) is 1.57. The fraction of sp³-hybridized carbons (Fsp3) is 0.417. The van der Waals surface area contributed by atoms with Gasteiger partial charge in [-0.25, -0.2) is 0 Å². The summed E-state index contributed by atoms with van der Waals surface area (Å²) in [6.45, 7) is 0. The van der Waals surface area contributed by atoms with Crippen molar-refractivity contribution in [1.82, 2.24) is 0 Å². The second kappa shape index (κ2) is 7.56. The van der Waals surface area contributed by atoms with E-state index in [0.717, 1.165) is 11.8 Å². The molecule has 0 radical (unpaired) electrons. The largest absolute Gasteiger partial charge is 0.493 e. The Morgan fingerprint density at radius 2 is 2.24 bits per heavy atom. The van der Waals surface area contributed by atoms with E-state index < -0.39 is 0 Å². The Bertz CT molecular complexity index is 371. The highest BCUT2D eigenvalue weighted by Gasteiger charge is 2.10. The van der Waals surface area contributed by atoms with Crippen molar-refractivity contribution in [2.45, 2.75) is 17.9 Å². The molecular weight excluding hydrogens is 307 g/mol. The highest BCUT2D eigenvalue weighted by molar-refractivity contribution is 9.09. The zero-order valence-electron chi connectivity index (χ0n) is 9.49. The summed E-state index contributed by atoms with van der Waals surface area (Å²) < 4.78 is 10.8. The Morgan fingerprint density at radius 1 is 1.47 bits per heavy atom. The molecule has 0 aliphatic rings. The Hall–Kier alpha value is -0.740. The van der Waals surface area contributed by atoms with E-state index in [4.69, 9.17) is 21.1 Å². The van der Waals surface area contributed by atoms with Crippen molar-refractivity contribution in [2.24, 2.45) is 0 Å². The van der Waals surface area contributed by atoms with E-state index in [1.54, 1.807) is 19.2 Å². The molecule has 17 heavy (non-hydrogen) atoms. The Morgan fingerprint density at radius 3 is 2.82 bits per heavy atom. The third-order valence-corrected chi connectivity index (χ3v) is 3.00. The zero-order valence-corrected chi connectivity index (χ0v) is 11.8. The van der Waals surface area contributed by atoms with Crippen molar-refractivity contribution >= 4 is 33.8 Å². The van der Waals surface area contributed by atoms with Crippen molar-refractivity contribution < 1.29 is 14.3 Å². The Balaban J connectivity index is 2.80. The van der Waals surface area contributed by atoms with Gasteiger partial charge in [0.2, 0.25) is 0 Å². The molecule has 0 amide bonds. The molecule has 94 valence electrons. The van der Waals surface area contributed by atoms with Crippen LogP contribution in [-0.4, -0.2) is 24.3 Å². The van der Waals surface area contributed by atoms with E-state index >= 15 is 0 Å². The summed E-state index contributed by atoms with van der Waals surface area (Å²) in [4.78, 5) is 10.4. The number of benzene rings is 1. The maximum atomic E-state index is 10.4. The minimum Gasteiger partial charge on any atom is -0.493 e. The van der Waals surface area contributed by atoms with Gasteiger partial charge in [-0.2, -0.15) is 0 Å². The van der Waals surface area contributed by atoms with E-state index in [1.807, 2.05) is 6.07 Å². The summed E-state index contributed by atoms with van der Waals surface area (Å²) in [5.41, 5.74) is 0.896. The third kappa shape index (κ3) is 4.56. The molecule has 0 saturated heterocycles. The van der Waals surface area contributed by atoms with Gasteiger partial charge in [-0.05, 0) is 33.6 Å². The van der Waals surface area contributed by atoms with Crippen molar-refractivity contribution in [2.75, 3.05) is 13.0 Å². The molecule has 1 atom stereocenters. The van der Waals surface area contributed by atoms with Gasteiger partial charge in [0.05, 0.1) is 7.11 Å². The number of aldehydes is 1. The number of carbonyl (C=O) groups is 1. The smallest absolute Gasteiger partial charge is 0.162 e. The van der Waals surface area contributed by atoms with E-state index in [2.05, 4.69) is 15.9 Å². The van der Waals surface area contributed by atoms with Gasteiger partial charge in [0.15, 0.2) is 16.5 Å². The van der Waals surface area contributed by atoms with Crippen LogP contribution in [0.2, 0.25) is 0 Å². The summed E-state index contributed by atoms with van der Waals surface area (Å²) >= 11 is 8.99. The normalized spacial score (nSPS) is 11.9. The number of rotatable bonds is 7. The molecule has 1 aromatic rings. The monoisotopic (exact) mass is 320 g/mol. The molecule has 1 rings (SSSR count). The summed E-state index contributed by atoms with van der Waals surface area (Å²) in [6.07, 6.45) is 1.92. The van der Waals surface area contributed by atoms with Crippen LogP contribution in [0.15, 0.2) is 18.2 Å². The molecular formula is C12H14BrClO3. The van der Waals surface area contributed by atoms with Gasteiger partial charge in [0.1, 0.15) is 6.29 Å². The zero-order chi connectivity index (χ0) is 12.7. The Labute approximate surface area is 114 Å². The molecule has 0 heterocycles. The summed E-state index contributed by atoms with van der Waals surface area (Å²) in [5, 5.41) is -0.147. The second-order valence-corrected chi connectivity index (χ2v) is 4.76. The highest BCUT2D eigenvalue weighted by atomic mass is 79.9. The number of carbonyl (C=O) groups excluding carboxylic acids is 1. The van der Waals surface area contributed by atoms with Crippen LogP contribution in [0.4, 0.5) is 0 Å². The van der Waals surface area contributed by atoms with Crippen molar-refractivity contribution in [1.29, 1.82) is 0 Å². The van der Waals surface area contributed by atoms with Gasteiger partial charge in [-0.3, -0.25) is 0 Å². The molecule has 1 aromatic carbocycles. The number of hydrogen-bond donors (Lipinski definition) is 0. The van der Waals surface area contributed by atoms with E-state index in [0.29, 0.717) is 30.2 Å². The molecule has 0 aliphatic carbocycles. The van der Waals surface area contributed by atoms with Crippen LogP contribution in [-0.2, 0) is 11.2 Å². The van der Waals surface area contributed by atoms with E-state index in [1.165, 1.54) is 0 Å². The number of alkyl halides is 2. The van der Waals surface area contributed by atoms with Crippen LogP contribution >= 0.6 is 27.5 Å². The average molecular weight is 322 g/mol. The van der Waals surface area contributed by atoms with Gasteiger partial charge in [-0.15, -0.1) is 11.6 Å². The van der Waals surface area contributed by atoms with Gasteiger partial charge in [-0.1, -0.05) is 6.07 Å². The molecule has 5 heteroatoms. The van der Waals surface area contributed by atoms with Crippen LogP contribution in [0.25, 0.3) is 0 Å². The highest BCUT2D eigenvalue weighted by Crippen LogP contribution is 2.30. The van der Waals surface area contributed by atoms with Crippen molar-refractivity contribution in [3.63, 3.8) is 0 Å². The molecule has 0 aliphatic heterocycles. The van der Waals surface area contributed by atoms with Gasteiger partial charge >= 0.3 is 0 Å². The predicted octanol–water partition coefficient (Wildman–Crippen LogP) is 3.17. The molecule has 0 N–H and O–H groups in total. The van der Waals surface area contributed by atoms with Crippen LogP contribution in [0.1, 0.15) is 12.0 Å². The first-order valence-corrected chi connectivity index (χ1v) is 6.63. The fourth-order valence-corrected chi connectivity index (χ4v) is 2.21. The third-order valence-electron chi connectivity index (χ3n) is 2.14. The van der Waals surface area contributed by atoms with Crippen LogP contribution in [0.3, 0.4) is 0 Å². The van der Waals surface area contributed by atoms with Crippen molar-refractivity contribution in [3.05, 3.63) is 23.8 Å². The average Bonchev–Trinajstić information content (AvgIpc) is 2.31. The quantitative estimate of drug-likeness (QED) is 0.571. The number of methoxy groups -OCH3 is 1. The van der Waals surface area contributed by atoms with E-state index in [-0.39, 0.29) is 5.01 Å². The van der Waals surface area contributed by atoms with Gasteiger partial charge in [0.25, 0.3) is 0 Å². The number of halogens is 2. The lowest BCUT2D eigenvalue weighted by molar-refractivity contribution is -0.107. The molecule has 0 spiro atoms. The molecule has 0 fully saturated rings. The lowest BCUT2D eigenvalue weighted by Gasteiger charge is -2.15. The lowest BCUT2D eigenvalue weighted by atomic mass is 10.1. The standard InChI is InChI=1S/C12H14BrClO3/c1-16-11-8-9(5-7-15)2-3-10(11)17-12(13)4-6-14/h2-3,7-8,12H,4-6H2,1H3. The molecule has 0 bridgehead atoms.